The average Bonchev–Trinajstić information content (AvgIpc) is 3.09. The first-order valence-electron chi connectivity index (χ1n) is 12.7. The Bertz CT molecular complexity index is 1280. The summed E-state index contributed by atoms with van der Waals surface area (Å²) in [5.74, 6) is -1.12. The molecule has 1 saturated carbocycles. The Morgan fingerprint density at radius 1 is 1.08 bits per heavy atom. The molecule has 4 rings (SSSR count). The van der Waals surface area contributed by atoms with Crippen LogP contribution in [0.3, 0.4) is 0 Å². The topological polar surface area (TPSA) is 104 Å². The van der Waals surface area contributed by atoms with Crippen LogP contribution in [0.2, 0.25) is 5.02 Å². The van der Waals surface area contributed by atoms with E-state index < -0.39 is 22.0 Å². The number of rotatable bonds is 9. The van der Waals surface area contributed by atoms with Gasteiger partial charge in [-0.25, -0.2) is 12.7 Å². The molecule has 0 bridgehead atoms. The van der Waals surface area contributed by atoms with Crippen LogP contribution in [0.5, 0.6) is 0 Å². The van der Waals surface area contributed by atoms with Gasteiger partial charge in [0, 0.05) is 30.6 Å². The van der Waals surface area contributed by atoms with Crippen LogP contribution in [0.4, 0.5) is 0 Å². The van der Waals surface area contributed by atoms with E-state index in [1.165, 1.54) is 23.5 Å². The van der Waals surface area contributed by atoms with Crippen molar-refractivity contribution in [1.82, 2.24) is 14.5 Å². The van der Waals surface area contributed by atoms with Gasteiger partial charge >= 0.3 is 0 Å². The third-order valence-corrected chi connectivity index (χ3v) is 9.29. The molecule has 10 heteroatoms. The number of benzene rings is 2. The molecule has 0 spiro atoms. The number of sulfonamides is 1. The van der Waals surface area contributed by atoms with Crippen LogP contribution in [0, 0.1) is 0 Å². The minimum atomic E-state index is -3.94. The molecule has 1 N–H and O–H groups in total. The zero-order chi connectivity index (χ0) is 26.6. The predicted molar refractivity (Wildman–Crippen MR) is 140 cm³/mol. The van der Waals surface area contributed by atoms with Crippen LogP contribution in [-0.2, 0) is 26.2 Å². The number of hydrogen-bond donors (Lipinski definition) is 1. The van der Waals surface area contributed by atoms with Crippen molar-refractivity contribution in [2.75, 3.05) is 6.54 Å². The van der Waals surface area contributed by atoms with Gasteiger partial charge in [-0.3, -0.25) is 14.4 Å². The lowest BCUT2D eigenvalue weighted by Gasteiger charge is -2.31. The van der Waals surface area contributed by atoms with Crippen molar-refractivity contribution >= 4 is 39.3 Å². The molecule has 1 aliphatic heterocycles. The van der Waals surface area contributed by atoms with E-state index in [1.807, 2.05) is 6.07 Å². The molecule has 3 amide bonds. The molecular formula is C27H32ClN3O5S. The number of carbonyl (C=O) groups excluding carboxylic acids is 3. The summed E-state index contributed by atoms with van der Waals surface area (Å²) in [6, 6.07) is 12.6. The van der Waals surface area contributed by atoms with Gasteiger partial charge in [-0.05, 0) is 49.9 Å². The summed E-state index contributed by atoms with van der Waals surface area (Å²) < 4.78 is 26.4. The molecule has 1 heterocycles. The summed E-state index contributed by atoms with van der Waals surface area (Å²) >= 11 is 6.35. The van der Waals surface area contributed by atoms with Crippen LogP contribution in [-0.4, -0.2) is 54.0 Å². The largest absolute Gasteiger partial charge is 0.352 e. The summed E-state index contributed by atoms with van der Waals surface area (Å²) in [6.45, 7) is 1.71. The Morgan fingerprint density at radius 3 is 2.46 bits per heavy atom. The standard InChI is InChI=1S/C27H32ClN3O5S/c1-19(26(33)29-21-11-3-2-4-12-21)30(18-20-10-5-7-14-23(20)28)25(32)16-9-17-31-27(34)22-13-6-8-15-24(22)37(31,35)36/h5-8,10,13-15,19,21H,2-4,9,11-12,16-18H2,1H3,(H,29,33)/t19-/m0/s1. The minimum Gasteiger partial charge on any atom is -0.352 e. The van der Waals surface area contributed by atoms with Crippen molar-refractivity contribution in [1.29, 1.82) is 0 Å². The second kappa shape index (κ2) is 11.6. The molecule has 1 atom stereocenters. The van der Waals surface area contributed by atoms with Crippen LogP contribution in [0.1, 0.15) is 67.8 Å². The fourth-order valence-electron chi connectivity index (χ4n) is 4.93. The number of carbonyl (C=O) groups is 3. The van der Waals surface area contributed by atoms with E-state index in [2.05, 4.69) is 5.32 Å². The first-order chi connectivity index (χ1) is 17.7. The maximum absolute atomic E-state index is 13.4. The molecule has 8 nitrogen and oxygen atoms in total. The van der Waals surface area contributed by atoms with Crippen LogP contribution in [0.15, 0.2) is 53.4 Å². The van der Waals surface area contributed by atoms with Crippen molar-refractivity contribution in [3.05, 3.63) is 64.7 Å². The third kappa shape index (κ3) is 5.99. The molecule has 198 valence electrons. The van der Waals surface area contributed by atoms with Gasteiger partial charge in [0.2, 0.25) is 11.8 Å². The van der Waals surface area contributed by atoms with E-state index in [4.69, 9.17) is 11.6 Å². The number of nitrogens with zero attached hydrogens (tertiary/aromatic N) is 2. The summed E-state index contributed by atoms with van der Waals surface area (Å²) in [6.07, 6.45) is 5.27. The van der Waals surface area contributed by atoms with E-state index >= 15 is 0 Å². The lowest BCUT2D eigenvalue weighted by Crippen LogP contribution is -2.50. The second-order valence-corrected chi connectivity index (χ2v) is 11.9. The smallest absolute Gasteiger partial charge is 0.269 e. The summed E-state index contributed by atoms with van der Waals surface area (Å²) in [5, 5.41) is 3.58. The highest BCUT2D eigenvalue weighted by atomic mass is 35.5. The highest BCUT2D eigenvalue weighted by Crippen LogP contribution is 2.30. The van der Waals surface area contributed by atoms with E-state index in [-0.39, 0.29) is 54.2 Å². The zero-order valence-electron chi connectivity index (χ0n) is 20.9. The van der Waals surface area contributed by atoms with Gasteiger partial charge in [0.1, 0.15) is 10.9 Å². The molecule has 0 radical (unpaired) electrons. The van der Waals surface area contributed by atoms with Crippen molar-refractivity contribution in [3.8, 4) is 0 Å². The molecule has 0 aromatic heterocycles. The first kappa shape index (κ1) is 27.1. The molecule has 1 aliphatic carbocycles. The van der Waals surface area contributed by atoms with Crippen LogP contribution in [0.25, 0.3) is 0 Å². The molecule has 2 aliphatic rings. The molecule has 2 aromatic rings. The van der Waals surface area contributed by atoms with Crippen molar-refractivity contribution < 1.29 is 22.8 Å². The number of halogens is 1. The van der Waals surface area contributed by atoms with Crippen molar-refractivity contribution in [2.24, 2.45) is 0 Å². The summed E-state index contributed by atoms with van der Waals surface area (Å²) in [5.41, 5.74) is 0.852. The van der Waals surface area contributed by atoms with E-state index in [1.54, 1.807) is 37.3 Å². The lowest BCUT2D eigenvalue weighted by atomic mass is 9.95. The first-order valence-corrected chi connectivity index (χ1v) is 14.5. The van der Waals surface area contributed by atoms with Crippen LogP contribution >= 0.6 is 11.6 Å². The Hall–Kier alpha value is -2.91. The maximum Gasteiger partial charge on any atom is 0.269 e. The van der Waals surface area contributed by atoms with Gasteiger partial charge in [-0.2, -0.15) is 0 Å². The van der Waals surface area contributed by atoms with Crippen LogP contribution < -0.4 is 5.32 Å². The van der Waals surface area contributed by atoms with Gasteiger partial charge in [-0.15, -0.1) is 0 Å². The predicted octanol–water partition coefficient (Wildman–Crippen LogP) is 4.13. The Balaban J connectivity index is 1.44. The zero-order valence-corrected chi connectivity index (χ0v) is 22.4. The molecule has 0 unspecified atom stereocenters. The fourth-order valence-corrected chi connectivity index (χ4v) is 6.73. The van der Waals surface area contributed by atoms with Gasteiger partial charge in [0.15, 0.2) is 0 Å². The SMILES string of the molecule is C[C@@H](C(=O)NC1CCCCC1)N(Cc1ccccc1Cl)C(=O)CCCN1C(=O)c2ccccc2S1(=O)=O. The Morgan fingerprint density at radius 2 is 1.76 bits per heavy atom. The monoisotopic (exact) mass is 545 g/mol. The molecule has 2 aromatic carbocycles. The maximum atomic E-state index is 13.4. The van der Waals surface area contributed by atoms with E-state index in [9.17, 15) is 22.8 Å². The Labute approximate surface area is 223 Å². The number of nitrogens with one attached hydrogen (secondary N) is 1. The van der Waals surface area contributed by atoms with Gasteiger partial charge in [0.05, 0.1) is 5.56 Å². The number of amides is 3. The summed E-state index contributed by atoms with van der Waals surface area (Å²) in [7, 11) is -3.94. The highest BCUT2D eigenvalue weighted by molar-refractivity contribution is 7.90. The fraction of sp³-hybridized carbons (Fsp3) is 0.444. The van der Waals surface area contributed by atoms with Crippen molar-refractivity contribution in [2.45, 2.75) is 75.4 Å². The normalized spacial score (nSPS) is 17.8. The molecule has 0 saturated heterocycles. The highest BCUT2D eigenvalue weighted by Gasteiger charge is 2.40. The van der Waals surface area contributed by atoms with E-state index in [0.717, 1.165) is 30.0 Å². The van der Waals surface area contributed by atoms with E-state index in [0.29, 0.717) is 10.6 Å². The van der Waals surface area contributed by atoms with Crippen molar-refractivity contribution in [3.63, 3.8) is 0 Å². The van der Waals surface area contributed by atoms with Gasteiger partial charge in [0.25, 0.3) is 15.9 Å². The molecule has 37 heavy (non-hydrogen) atoms. The summed E-state index contributed by atoms with van der Waals surface area (Å²) in [4.78, 5) is 40.6. The third-order valence-electron chi connectivity index (χ3n) is 7.08. The molecular weight excluding hydrogens is 514 g/mol. The lowest BCUT2D eigenvalue weighted by molar-refractivity contribution is -0.141. The minimum absolute atomic E-state index is 0.0142. The number of fused-ring (bicyclic) bond motifs is 1. The second-order valence-electron chi connectivity index (χ2n) is 9.61. The van der Waals surface area contributed by atoms with Gasteiger partial charge < -0.3 is 10.2 Å². The van der Waals surface area contributed by atoms with Gasteiger partial charge in [-0.1, -0.05) is 61.2 Å². The average molecular weight is 546 g/mol. The number of hydrogen-bond acceptors (Lipinski definition) is 5. The molecule has 1 fully saturated rings. The Kier molecular flexibility index (Phi) is 8.54. The quantitative estimate of drug-likeness (QED) is 0.510.